The summed E-state index contributed by atoms with van der Waals surface area (Å²) in [7, 11) is 1.99. The van der Waals surface area contributed by atoms with E-state index in [2.05, 4.69) is 67.1 Å². The smallest absolute Gasteiger partial charge is 0.133 e. The van der Waals surface area contributed by atoms with Crippen molar-refractivity contribution in [1.82, 2.24) is 14.9 Å². The average Bonchev–Trinajstić information content (AvgIpc) is 2.95. The molecule has 0 radical (unpaired) electrons. The molecule has 1 atom stereocenters. The number of hydrogen-bond acceptors (Lipinski definition) is 2. The zero-order chi connectivity index (χ0) is 18.7. The minimum absolute atomic E-state index is 0.349. The molecule has 3 nitrogen and oxygen atoms in total. The highest BCUT2D eigenvalue weighted by molar-refractivity contribution is 6.30. The minimum Gasteiger partial charge on any atom is -0.320 e. The van der Waals surface area contributed by atoms with Crippen molar-refractivity contribution in [2.75, 3.05) is 7.05 Å². The molecule has 2 aromatic carbocycles. The fourth-order valence-electron chi connectivity index (χ4n) is 3.10. The van der Waals surface area contributed by atoms with Gasteiger partial charge in [0.05, 0.1) is 11.0 Å². The molecule has 26 heavy (non-hydrogen) atoms. The van der Waals surface area contributed by atoms with E-state index in [1.54, 1.807) is 0 Å². The lowest BCUT2D eigenvalue weighted by Gasteiger charge is -2.10. The van der Waals surface area contributed by atoms with Gasteiger partial charge in [-0.3, -0.25) is 0 Å². The lowest BCUT2D eigenvalue weighted by Crippen LogP contribution is -2.21. The monoisotopic (exact) mass is 367 g/mol. The molecular weight excluding hydrogens is 342 g/mol. The van der Waals surface area contributed by atoms with Crippen LogP contribution < -0.4 is 5.32 Å². The van der Waals surface area contributed by atoms with E-state index < -0.39 is 0 Å². The van der Waals surface area contributed by atoms with Crippen LogP contribution in [0.4, 0.5) is 0 Å². The van der Waals surface area contributed by atoms with Crippen LogP contribution in [-0.2, 0) is 6.54 Å². The quantitative estimate of drug-likeness (QED) is 0.635. The molecule has 1 heterocycles. The van der Waals surface area contributed by atoms with E-state index in [-0.39, 0.29) is 0 Å². The Labute approximate surface area is 160 Å². The number of rotatable bonds is 6. The first-order valence-electron chi connectivity index (χ1n) is 9.09. The van der Waals surface area contributed by atoms with Crippen LogP contribution in [0.25, 0.3) is 17.1 Å². The molecule has 0 aliphatic heterocycles. The van der Waals surface area contributed by atoms with E-state index in [4.69, 9.17) is 16.6 Å². The predicted molar refractivity (Wildman–Crippen MR) is 112 cm³/mol. The molecule has 3 aromatic rings. The van der Waals surface area contributed by atoms with Gasteiger partial charge in [-0.2, -0.15) is 0 Å². The molecule has 4 heteroatoms. The molecule has 1 unspecified atom stereocenters. The summed E-state index contributed by atoms with van der Waals surface area (Å²) in [6.07, 6.45) is 5.37. The summed E-state index contributed by atoms with van der Waals surface area (Å²) in [5.74, 6) is 0.980. The Hall–Kier alpha value is -2.10. The number of fused-ring (bicyclic) bond motifs is 1. The standard InChI is InChI=1S/C22H26ClN3/c1-5-19(24-4)10-11-22-25-20-12-15(2)16(3)13-21(20)26(22)14-17-6-8-18(23)9-7-17/h6-13,19,24H,5,14H2,1-4H3/b11-10+. The summed E-state index contributed by atoms with van der Waals surface area (Å²) in [5, 5.41) is 4.07. The van der Waals surface area contributed by atoms with Crippen molar-refractivity contribution < 1.29 is 0 Å². The predicted octanol–water partition coefficient (Wildman–Crippen LogP) is 5.37. The van der Waals surface area contributed by atoms with Crippen molar-refractivity contribution >= 4 is 28.7 Å². The summed E-state index contributed by atoms with van der Waals surface area (Å²) < 4.78 is 2.28. The fraction of sp³-hybridized carbons (Fsp3) is 0.318. The number of benzene rings is 2. The zero-order valence-electron chi connectivity index (χ0n) is 15.9. The number of likely N-dealkylation sites (N-methyl/N-ethyl adjacent to an activating group) is 1. The van der Waals surface area contributed by atoms with Crippen molar-refractivity contribution in [3.05, 3.63) is 70.0 Å². The van der Waals surface area contributed by atoms with Gasteiger partial charge in [0.2, 0.25) is 0 Å². The van der Waals surface area contributed by atoms with Crippen molar-refractivity contribution in [2.45, 2.75) is 39.8 Å². The van der Waals surface area contributed by atoms with Gasteiger partial charge in [0, 0.05) is 17.6 Å². The second-order valence-corrected chi connectivity index (χ2v) is 7.21. The van der Waals surface area contributed by atoms with Gasteiger partial charge in [0.25, 0.3) is 0 Å². The van der Waals surface area contributed by atoms with E-state index >= 15 is 0 Å². The Morgan fingerprint density at radius 2 is 1.85 bits per heavy atom. The van der Waals surface area contributed by atoms with Crippen LogP contribution >= 0.6 is 11.6 Å². The van der Waals surface area contributed by atoms with Gasteiger partial charge in [-0.25, -0.2) is 4.98 Å². The SMILES string of the molecule is CCC(/C=C/c1nc2cc(C)c(C)cc2n1Cc1ccc(Cl)cc1)NC. The van der Waals surface area contributed by atoms with E-state index in [1.165, 1.54) is 22.2 Å². The van der Waals surface area contributed by atoms with Crippen LogP contribution in [0.3, 0.4) is 0 Å². The summed E-state index contributed by atoms with van der Waals surface area (Å²) in [6.45, 7) is 7.23. The van der Waals surface area contributed by atoms with E-state index in [1.807, 2.05) is 19.2 Å². The Balaban J connectivity index is 2.08. The summed E-state index contributed by atoms with van der Waals surface area (Å²) >= 11 is 6.04. The van der Waals surface area contributed by atoms with Gasteiger partial charge in [-0.1, -0.05) is 36.7 Å². The molecule has 0 fully saturated rings. The molecule has 1 N–H and O–H groups in total. The molecule has 0 amide bonds. The first kappa shape index (κ1) is 18.7. The Bertz CT molecular complexity index is 919. The van der Waals surface area contributed by atoms with Gasteiger partial charge < -0.3 is 9.88 Å². The second-order valence-electron chi connectivity index (χ2n) is 6.77. The van der Waals surface area contributed by atoms with Crippen LogP contribution in [-0.4, -0.2) is 22.6 Å². The van der Waals surface area contributed by atoms with Crippen LogP contribution in [0, 0.1) is 13.8 Å². The highest BCUT2D eigenvalue weighted by Crippen LogP contribution is 2.23. The number of halogens is 1. The number of imidazole rings is 1. The molecular formula is C22H26ClN3. The Morgan fingerprint density at radius 3 is 2.50 bits per heavy atom. The van der Waals surface area contributed by atoms with Crippen LogP contribution in [0.15, 0.2) is 42.5 Å². The number of nitrogens with zero attached hydrogens (tertiary/aromatic N) is 2. The third-order valence-electron chi connectivity index (χ3n) is 4.94. The van der Waals surface area contributed by atoms with Crippen LogP contribution in [0.1, 0.15) is 35.9 Å². The number of aromatic nitrogens is 2. The third-order valence-corrected chi connectivity index (χ3v) is 5.19. The van der Waals surface area contributed by atoms with Crippen molar-refractivity contribution in [2.24, 2.45) is 0 Å². The molecule has 0 bridgehead atoms. The highest BCUT2D eigenvalue weighted by atomic mass is 35.5. The molecule has 0 aliphatic carbocycles. The van der Waals surface area contributed by atoms with Crippen molar-refractivity contribution in [1.29, 1.82) is 0 Å². The van der Waals surface area contributed by atoms with Gasteiger partial charge in [0.15, 0.2) is 0 Å². The molecule has 0 spiro atoms. The average molecular weight is 368 g/mol. The molecule has 0 saturated heterocycles. The molecule has 0 saturated carbocycles. The van der Waals surface area contributed by atoms with Gasteiger partial charge >= 0.3 is 0 Å². The number of hydrogen-bond donors (Lipinski definition) is 1. The maximum atomic E-state index is 6.04. The van der Waals surface area contributed by atoms with E-state index in [9.17, 15) is 0 Å². The molecule has 0 aliphatic rings. The molecule has 3 rings (SSSR count). The topological polar surface area (TPSA) is 29.9 Å². The van der Waals surface area contributed by atoms with Crippen LogP contribution in [0.5, 0.6) is 0 Å². The number of nitrogens with one attached hydrogen (secondary N) is 1. The maximum Gasteiger partial charge on any atom is 0.133 e. The van der Waals surface area contributed by atoms with Gasteiger partial charge in [-0.05, 0) is 74.3 Å². The van der Waals surface area contributed by atoms with E-state index in [0.29, 0.717) is 6.04 Å². The Morgan fingerprint density at radius 1 is 1.15 bits per heavy atom. The van der Waals surface area contributed by atoms with Gasteiger partial charge in [0.1, 0.15) is 5.82 Å². The molecule has 136 valence electrons. The first-order valence-corrected chi connectivity index (χ1v) is 9.47. The fourth-order valence-corrected chi connectivity index (χ4v) is 3.23. The zero-order valence-corrected chi connectivity index (χ0v) is 16.6. The van der Waals surface area contributed by atoms with Crippen LogP contribution in [0.2, 0.25) is 5.02 Å². The lowest BCUT2D eigenvalue weighted by atomic mass is 10.1. The Kier molecular flexibility index (Phi) is 5.80. The first-order chi connectivity index (χ1) is 12.5. The normalized spacial score (nSPS) is 13.0. The summed E-state index contributed by atoms with van der Waals surface area (Å²) in [6, 6.07) is 12.8. The summed E-state index contributed by atoms with van der Waals surface area (Å²) in [4.78, 5) is 4.89. The van der Waals surface area contributed by atoms with E-state index in [0.717, 1.165) is 29.3 Å². The molecule has 1 aromatic heterocycles. The number of aryl methyl sites for hydroxylation is 2. The van der Waals surface area contributed by atoms with Gasteiger partial charge in [-0.15, -0.1) is 0 Å². The third kappa shape index (κ3) is 4.00. The lowest BCUT2D eigenvalue weighted by molar-refractivity contribution is 0.649. The highest BCUT2D eigenvalue weighted by Gasteiger charge is 2.11. The second kappa shape index (κ2) is 8.07. The largest absolute Gasteiger partial charge is 0.320 e. The van der Waals surface area contributed by atoms with Crippen molar-refractivity contribution in [3.63, 3.8) is 0 Å². The van der Waals surface area contributed by atoms with Crippen molar-refractivity contribution in [3.8, 4) is 0 Å². The summed E-state index contributed by atoms with van der Waals surface area (Å²) in [5.41, 5.74) is 5.97. The maximum absolute atomic E-state index is 6.04. The minimum atomic E-state index is 0.349.